The first-order valence-electron chi connectivity index (χ1n) is 13.7. The number of rotatable bonds is 8. The Morgan fingerprint density at radius 1 is 1.03 bits per heavy atom. The number of methoxy groups -OCH3 is 1. The molecule has 2 aliphatic rings. The number of halogens is 1. The van der Waals surface area contributed by atoms with Gasteiger partial charge in [0.05, 0.1) is 12.5 Å². The minimum atomic E-state index is -0.841. The molecule has 39 heavy (non-hydrogen) atoms. The van der Waals surface area contributed by atoms with Gasteiger partial charge in [0.25, 0.3) is 0 Å². The Morgan fingerprint density at radius 3 is 2.49 bits per heavy atom. The zero-order valence-corrected chi connectivity index (χ0v) is 23.4. The lowest BCUT2D eigenvalue weighted by Crippen LogP contribution is -2.30. The van der Waals surface area contributed by atoms with Crippen molar-refractivity contribution in [2.45, 2.75) is 65.9 Å². The zero-order valence-electron chi connectivity index (χ0n) is 23.4. The lowest BCUT2D eigenvalue weighted by molar-refractivity contribution is -0.148. The number of carbonyl (C=O) groups is 1. The highest BCUT2D eigenvalue weighted by molar-refractivity contribution is 5.85. The average molecular weight is 529 g/mol. The second-order valence-electron chi connectivity index (χ2n) is 12.0. The molecule has 204 valence electrons. The first kappa shape index (κ1) is 27.0. The number of allylic oxidation sites excluding steroid dienone is 2. The van der Waals surface area contributed by atoms with Crippen LogP contribution in [-0.2, 0) is 17.8 Å². The molecule has 1 N–H and O–H groups in total. The summed E-state index contributed by atoms with van der Waals surface area (Å²) in [6, 6.07) is 17.0. The minimum Gasteiger partial charge on any atom is -0.497 e. The first-order chi connectivity index (χ1) is 18.5. The number of carboxylic acids is 1. The summed E-state index contributed by atoms with van der Waals surface area (Å²) in [5, 5.41) is 9.79. The van der Waals surface area contributed by atoms with Crippen LogP contribution in [0.2, 0.25) is 0 Å². The Morgan fingerprint density at radius 2 is 1.79 bits per heavy atom. The number of benzene rings is 3. The van der Waals surface area contributed by atoms with Crippen molar-refractivity contribution in [1.82, 2.24) is 0 Å². The van der Waals surface area contributed by atoms with Crippen LogP contribution < -0.4 is 9.47 Å². The molecule has 0 aliphatic heterocycles. The summed E-state index contributed by atoms with van der Waals surface area (Å²) in [5.74, 6) is 0.233. The van der Waals surface area contributed by atoms with Gasteiger partial charge in [-0.2, -0.15) is 0 Å². The van der Waals surface area contributed by atoms with Gasteiger partial charge in [-0.25, -0.2) is 4.39 Å². The monoisotopic (exact) mass is 528 g/mol. The Balaban J connectivity index is 1.46. The van der Waals surface area contributed by atoms with E-state index in [1.54, 1.807) is 33.1 Å². The molecule has 5 rings (SSSR count). The molecule has 3 aromatic rings. The Labute approximate surface area is 230 Å². The topological polar surface area (TPSA) is 55.8 Å². The average Bonchev–Trinajstić information content (AvgIpc) is 3.50. The summed E-state index contributed by atoms with van der Waals surface area (Å²) in [4.78, 5) is 11.9. The largest absolute Gasteiger partial charge is 0.497 e. The maximum Gasteiger partial charge on any atom is 0.309 e. The Hall–Kier alpha value is -3.60. The number of hydrogen-bond acceptors (Lipinski definition) is 3. The van der Waals surface area contributed by atoms with Gasteiger partial charge >= 0.3 is 5.97 Å². The van der Waals surface area contributed by atoms with Crippen LogP contribution in [0.25, 0.3) is 16.7 Å². The van der Waals surface area contributed by atoms with Crippen LogP contribution in [0.5, 0.6) is 11.5 Å². The van der Waals surface area contributed by atoms with Gasteiger partial charge in [-0.1, -0.05) is 38.1 Å². The van der Waals surface area contributed by atoms with Crippen molar-refractivity contribution in [3.8, 4) is 22.6 Å². The van der Waals surface area contributed by atoms with Crippen molar-refractivity contribution in [3.05, 3.63) is 88.7 Å². The molecule has 0 heterocycles. The molecule has 0 radical (unpaired) electrons. The third kappa shape index (κ3) is 5.07. The van der Waals surface area contributed by atoms with Crippen LogP contribution in [0.15, 0.2) is 60.7 Å². The fourth-order valence-corrected chi connectivity index (χ4v) is 6.17. The van der Waals surface area contributed by atoms with E-state index in [1.165, 1.54) is 17.2 Å². The highest BCUT2D eigenvalue weighted by Crippen LogP contribution is 2.48. The van der Waals surface area contributed by atoms with Crippen molar-refractivity contribution < 1.29 is 23.8 Å². The molecule has 5 heteroatoms. The van der Waals surface area contributed by atoms with E-state index in [1.807, 2.05) is 24.3 Å². The highest BCUT2D eigenvalue weighted by atomic mass is 19.1. The number of aliphatic carboxylic acids is 1. The number of aryl methyl sites for hydroxylation is 1. The van der Waals surface area contributed by atoms with E-state index in [0.717, 1.165) is 53.7 Å². The van der Waals surface area contributed by atoms with E-state index in [0.29, 0.717) is 17.9 Å². The van der Waals surface area contributed by atoms with Gasteiger partial charge in [-0.15, -0.1) is 0 Å². The molecular formula is C34H37FO4. The van der Waals surface area contributed by atoms with Crippen molar-refractivity contribution in [1.29, 1.82) is 0 Å². The standard InChI is InChI=1S/C34H37FO4/c1-33(2)16-6-7-29(33)27-17-21(8-13-25(27)28-18-23(38-5)12-15-31(28)35)20-39-24-11-9-22-10-14-30(26(22)19-24)34(3,4)32(36)37/h7-9,11-13,15,17-19,30H,6,10,14,16,20H2,1-5H3,(H,36,37)/t30-/m0/s1. The quantitative estimate of drug-likeness (QED) is 0.319. The zero-order chi connectivity index (χ0) is 27.9. The molecule has 0 aromatic heterocycles. The predicted molar refractivity (Wildman–Crippen MR) is 153 cm³/mol. The molecule has 1 atom stereocenters. The van der Waals surface area contributed by atoms with E-state index >= 15 is 4.39 Å². The van der Waals surface area contributed by atoms with Crippen LogP contribution in [0.1, 0.15) is 75.1 Å². The molecule has 0 amide bonds. The van der Waals surface area contributed by atoms with E-state index < -0.39 is 11.4 Å². The third-order valence-corrected chi connectivity index (χ3v) is 8.71. The molecule has 3 aromatic carbocycles. The molecule has 0 fully saturated rings. The molecule has 0 unspecified atom stereocenters. The van der Waals surface area contributed by atoms with E-state index in [2.05, 4.69) is 32.1 Å². The molecule has 0 bridgehead atoms. The van der Waals surface area contributed by atoms with Gasteiger partial charge in [-0.05, 0) is 115 Å². The fraction of sp³-hybridized carbons (Fsp3) is 0.382. The molecule has 0 spiro atoms. The molecule has 2 aliphatic carbocycles. The van der Waals surface area contributed by atoms with Crippen LogP contribution in [-0.4, -0.2) is 18.2 Å². The van der Waals surface area contributed by atoms with Gasteiger partial charge in [-0.3, -0.25) is 4.79 Å². The maximum atomic E-state index is 15.1. The van der Waals surface area contributed by atoms with Crippen molar-refractivity contribution >= 4 is 11.5 Å². The van der Waals surface area contributed by atoms with E-state index in [-0.39, 0.29) is 17.2 Å². The Bertz CT molecular complexity index is 1450. The van der Waals surface area contributed by atoms with Gasteiger partial charge in [0.1, 0.15) is 23.9 Å². The predicted octanol–water partition coefficient (Wildman–Crippen LogP) is 8.42. The van der Waals surface area contributed by atoms with Crippen molar-refractivity contribution in [2.24, 2.45) is 10.8 Å². The molecule has 0 saturated heterocycles. The number of hydrogen-bond donors (Lipinski definition) is 1. The lowest BCUT2D eigenvalue weighted by Gasteiger charge is -2.28. The van der Waals surface area contributed by atoms with Crippen LogP contribution in [0.3, 0.4) is 0 Å². The van der Waals surface area contributed by atoms with Gasteiger partial charge in [0.2, 0.25) is 0 Å². The number of fused-ring (bicyclic) bond motifs is 1. The van der Waals surface area contributed by atoms with Gasteiger partial charge < -0.3 is 14.6 Å². The number of carboxylic acid groups (broad SMARTS) is 1. The minimum absolute atomic E-state index is 0.0183. The van der Waals surface area contributed by atoms with Crippen LogP contribution in [0.4, 0.5) is 4.39 Å². The SMILES string of the molecule is COc1ccc(F)c(-c2ccc(COc3ccc4c(c3)[C@@H](C(C)(C)C(=O)O)CC4)cc2C2=CCCC2(C)C)c1. The van der Waals surface area contributed by atoms with Crippen molar-refractivity contribution in [3.63, 3.8) is 0 Å². The molecule has 0 saturated carbocycles. The summed E-state index contributed by atoms with van der Waals surface area (Å²) < 4.78 is 26.7. The van der Waals surface area contributed by atoms with Gasteiger partial charge in [0, 0.05) is 11.5 Å². The fourth-order valence-electron chi connectivity index (χ4n) is 6.17. The first-order valence-corrected chi connectivity index (χ1v) is 13.7. The lowest BCUT2D eigenvalue weighted by atomic mass is 9.75. The summed E-state index contributed by atoms with van der Waals surface area (Å²) >= 11 is 0. The normalized spacial score (nSPS) is 18.0. The van der Waals surface area contributed by atoms with E-state index in [9.17, 15) is 9.90 Å². The molecular weight excluding hydrogens is 491 g/mol. The maximum absolute atomic E-state index is 15.1. The summed E-state index contributed by atoms with van der Waals surface area (Å²) in [6.45, 7) is 8.43. The smallest absolute Gasteiger partial charge is 0.309 e. The second-order valence-corrected chi connectivity index (χ2v) is 12.0. The third-order valence-electron chi connectivity index (χ3n) is 8.71. The highest BCUT2D eigenvalue weighted by Gasteiger charge is 2.41. The van der Waals surface area contributed by atoms with Crippen LogP contribution >= 0.6 is 0 Å². The van der Waals surface area contributed by atoms with Crippen LogP contribution in [0, 0.1) is 16.6 Å². The second kappa shape index (κ2) is 10.2. The number of ether oxygens (including phenoxy) is 2. The van der Waals surface area contributed by atoms with Gasteiger partial charge in [0.15, 0.2) is 0 Å². The Kier molecular flexibility index (Phi) is 7.04. The summed E-state index contributed by atoms with van der Waals surface area (Å²) in [6.07, 6.45) is 6.02. The van der Waals surface area contributed by atoms with E-state index in [4.69, 9.17) is 9.47 Å². The van der Waals surface area contributed by atoms with Crippen molar-refractivity contribution in [2.75, 3.05) is 7.11 Å². The molecule has 4 nitrogen and oxygen atoms in total. The summed E-state index contributed by atoms with van der Waals surface area (Å²) in [5.41, 5.74) is 6.00. The summed E-state index contributed by atoms with van der Waals surface area (Å²) in [7, 11) is 1.59.